The summed E-state index contributed by atoms with van der Waals surface area (Å²) >= 11 is 0. The molecular weight excluding hydrogens is 228 g/mol. The Hall–Kier alpha value is -2.76. The van der Waals surface area contributed by atoms with Crippen molar-refractivity contribution in [3.05, 3.63) is 43.0 Å². The number of nitrogens with zero attached hydrogens (tertiary/aromatic N) is 4. The number of nitrogens with two attached hydrogens (primary N) is 1. The van der Waals surface area contributed by atoms with E-state index < -0.39 is 0 Å². The van der Waals surface area contributed by atoms with Gasteiger partial charge in [0.05, 0.1) is 5.56 Å². The number of aromatic amines is 1. The van der Waals surface area contributed by atoms with Crippen LogP contribution < -0.4 is 5.73 Å². The topological polar surface area (TPSA) is 93.4 Å². The molecule has 6 heteroatoms. The van der Waals surface area contributed by atoms with Crippen molar-refractivity contribution < 1.29 is 0 Å². The summed E-state index contributed by atoms with van der Waals surface area (Å²) < 4.78 is 0. The van der Waals surface area contributed by atoms with Gasteiger partial charge in [0.1, 0.15) is 5.69 Å². The van der Waals surface area contributed by atoms with Crippen molar-refractivity contribution in [3.8, 4) is 22.6 Å². The average Bonchev–Trinajstić information content (AvgIpc) is 2.83. The fourth-order valence-corrected chi connectivity index (χ4v) is 1.76. The Morgan fingerprint density at radius 1 is 1.00 bits per heavy atom. The Labute approximate surface area is 103 Å². The summed E-state index contributed by atoms with van der Waals surface area (Å²) in [6, 6.07) is 5.50. The van der Waals surface area contributed by atoms with E-state index in [9.17, 15) is 0 Å². The molecule has 88 valence electrons. The van der Waals surface area contributed by atoms with Crippen molar-refractivity contribution >= 4 is 5.82 Å². The number of aromatic nitrogens is 5. The van der Waals surface area contributed by atoms with Crippen LogP contribution in [-0.4, -0.2) is 25.1 Å². The molecule has 0 saturated heterocycles. The van der Waals surface area contributed by atoms with Crippen LogP contribution in [0.2, 0.25) is 0 Å². The average molecular weight is 238 g/mol. The third-order valence-corrected chi connectivity index (χ3v) is 2.55. The molecule has 0 saturated carbocycles. The highest BCUT2D eigenvalue weighted by atomic mass is 15.2. The Bertz CT molecular complexity index is 647. The van der Waals surface area contributed by atoms with Crippen LogP contribution in [0.3, 0.4) is 0 Å². The van der Waals surface area contributed by atoms with E-state index in [1.54, 1.807) is 30.9 Å². The molecule has 0 bridgehead atoms. The molecule has 6 nitrogen and oxygen atoms in total. The summed E-state index contributed by atoms with van der Waals surface area (Å²) in [4.78, 5) is 12.4. The lowest BCUT2D eigenvalue weighted by molar-refractivity contribution is 1.07. The van der Waals surface area contributed by atoms with Gasteiger partial charge in [0.25, 0.3) is 0 Å². The first-order valence-electron chi connectivity index (χ1n) is 5.38. The molecule has 3 N–H and O–H groups in total. The predicted octanol–water partition coefficient (Wildman–Crippen LogP) is 1.51. The van der Waals surface area contributed by atoms with Crippen LogP contribution in [0, 0.1) is 0 Å². The SMILES string of the molecule is Nc1n[nH]c(-c2ncccn2)c1-c1ccncc1. The minimum atomic E-state index is 0.420. The highest BCUT2D eigenvalue weighted by Gasteiger charge is 2.16. The van der Waals surface area contributed by atoms with Crippen LogP contribution in [0.4, 0.5) is 5.82 Å². The Morgan fingerprint density at radius 3 is 2.44 bits per heavy atom. The highest BCUT2D eigenvalue weighted by Crippen LogP contribution is 2.32. The lowest BCUT2D eigenvalue weighted by Crippen LogP contribution is -1.91. The quantitative estimate of drug-likeness (QED) is 0.705. The van der Waals surface area contributed by atoms with Crippen molar-refractivity contribution in [1.82, 2.24) is 25.1 Å². The number of H-pyrrole nitrogens is 1. The van der Waals surface area contributed by atoms with Gasteiger partial charge >= 0.3 is 0 Å². The molecule has 3 heterocycles. The summed E-state index contributed by atoms with van der Waals surface area (Å²) in [6.07, 6.45) is 6.76. The van der Waals surface area contributed by atoms with Crippen molar-refractivity contribution in [2.45, 2.75) is 0 Å². The van der Waals surface area contributed by atoms with Crippen LogP contribution in [0.1, 0.15) is 0 Å². The van der Waals surface area contributed by atoms with Gasteiger partial charge in [-0.1, -0.05) is 0 Å². The number of anilines is 1. The van der Waals surface area contributed by atoms with E-state index in [4.69, 9.17) is 5.73 Å². The Morgan fingerprint density at radius 2 is 1.72 bits per heavy atom. The molecule has 0 aliphatic rings. The summed E-state index contributed by atoms with van der Waals surface area (Å²) in [5, 5.41) is 6.89. The molecule has 18 heavy (non-hydrogen) atoms. The van der Waals surface area contributed by atoms with Crippen LogP contribution >= 0.6 is 0 Å². The molecule has 0 radical (unpaired) electrons. The van der Waals surface area contributed by atoms with E-state index in [0.717, 1.165) is 11.1 Å². The number of hydrogen-bond donors (Lipinski definition) is 2. The van der Waals surface area contributed by atoms with Gasteiger partial charge in [0, 0.05) is 24.8 Å². The molecular formula is C12H10N6. The summed E-state index contributed by atoms with van der Waals surface area (Å²) in [7, 11) is 0. The highest BCUT2D eigenvalue weighted by molar-refractivity contribution is 5.85. The normalized spacial score (nSPS) is 10.4. The molecule has 0 amide bonds. The molecule has 0 aromatic carbocycles. The van der Waals surface area contributed by atoms with Crippen LogP contribution in [0.25, 0.3) is 22.6 Å². The fraction of sp³-hybridized carbons (Fsp3) is 0. The molecule has 3 rings (SSSR count). The van der Waals surface area contributed by atoms with E-state index in [2.05, 4.69) is 25.1 Å². The third-order valence-electron chi connectivity index (χ3n) is 2.55. The van der Waals surface area contributed by atoms with Crippen LogP contribution in [-0.2, 0) is 0 Å². The predicted molar refractivity (Wildman–Crippen MR) is 67.3 cm³/mol. The second-order valence-electron chi connectivity index (χ2n) is 3.67. The van der Waals surface area contributed by atoms with Crippen molar-refractivity contribution in [2.75, 3.05) is 5.73 Å². The molecule has 0 atom stereocenters. The van der Waals surface area contributed by atoms with Crippen LogP contribution in [0.15, 0.2) is 43.0 Å². The van der Waals surface area contributed by atoms with E-state index >= 15 is 0 Å². The molecule has 0 fully saturated rings. The van der Waals surface area contributed by atoms with Crippen molar-refractivity contribution in [3.63, 3.8) is 0 Å². The summed E-state index contributed by atoms with van der Waals surface area (Å²) in [5.74, 6) is 0.983. The molecule has 0 aliphatic heterocycles. The molecule has 0 unspecified atom stereocenters. The number of nitrogens with one attached hydrogen (secondary N) is 1. The fourth-order valence-electron chi connectivity index (χ4n) is 1.76. The number of nitrogen functional groups attached to an aromatic ring is 1. The lowest BCUT2D eigenvalue weighted by Gasteiger charge is -2.02. The largest absolute Gasteiger partial charge is 0.382 e. The van der Waals surface area contributed by atoms with Crippen molar-refractivity contribution in [2.24, 2.45) is 0 Å². The molecule has 3 aromatic heterocycles. The molecule has 3 aromatic rings. The second-order valence-corrected chi connectivity index (χ2v) is 3.67. The standard InChI is InChI=1S/C12H10N6/c13-11-9(8-2-6-14-7-3-8)10(17-18-11)12-15-4-1-5-16-12/h1-7H,(H3,13,17,18). The second kappa shape index (κ2) is 4.25. The van der Waals surface area contributed by atoms with E-state index in [-0.39, 0.29) is 0 Å². The number of rotatable bonds is 2. The summed E-state index contributed by atoms with van der Waals surface area (Å²) in [6.45, 7) is 0. The third kappa shape index (κ3) is 1.69. The zero-order valence-corrected chi connectivity index (χ0v) is 9.41. The van der Waals surface area contributed by atoms with Crippen LogP contribution in [0.5, 0.6) is 0 Å². The van der Waals surface area contributed by atoms with Crippen molar-refractivity contribution in [1.29, 1.82) is 0 Å². The van der Waals surface area contributed by atoms with E-state index in [1.807, 2.05) is 12.1 Å². The lowest BCUT2D eigenvalue weighted by atomic mass is 10.1. The first-order chi connectivity index (χ1) is 8.86. The van der Waals surface area contributed by atoms with Gasteiger partial charge in [0.2, 0.25) is 0 Å². The zero-order chi connectivity index (χ0) is 12.4. The van der Waals surface area contributed by atoms with Gasteiger partial charge in [-0.3, -0.25) is 10.1 Å². The van der Waals surface area contributed by atoms with Gasteiger partial charge in [0.15, 0.2) is 11.6 Å². The molecule has 0 spiro atoms. The Balaban J connectivity index is 2.19. The van der Waals surface area contributed by atoms with Gasteiger partial charge in [-0.15, -0.1) is 0 Å². The maximum Gasteiger partial charge on any atom is 0.178 e. The summed E-state index contributed by atoms with van der Waals surface area (Å²) in [5.41, 5.74) is 8.32. The molecule has 0 aliphatic carbocycles. The smallest absolute Gasteiger partial charge is 0.178 e. The number of pyridine rings is 1. The first kappa shape index (κ1) is 10.4. The van der Waals surface area contributed by atoms with Gasteiger partial charge < -0.3 is 5.73 Å². The minimum Gasteiger partial charge on any atom is -0.382 e. The van der Waals surface area contributed by atoms with E-state index in [1.165, 1.54) is 0 Å². The maximum absolute atomic E-state index is 5.89. The minimum absolute atomic E-state index is 0.420. The first-order valence-corrected chi connectivity index (χ1v) is 5.38. The number of hydrogen-bond acceptors (Lipinski definition) is 5. The zero-order valence-electron chi connectivity index (χ0n) is 9.41. The maximum atomic E-state index is 5.89. The Kier molecular flexibility index (Phi) is 2.45. The monoisotopic (exact) mass is 238 g/mol. The van der Waals surface area contributed by atoms with Gasteiger partial charge in [-0.2, -0.15) is 5.10 Å². The van der Waals surface area contributed by atoms with Gasteiger partial charge in [-0.05, 0) is 23.8 Å². The van der Waals surface area contributed by atoms with Gasteiger partial charge in [-0.25, -0.2) is 9.97 Å². The van der Waals surface area contributed by atoms with E-state index in [0.29, 0.717) is 17.3 Å².